The topological polar surface area (TPSA) is 185 Å². The molecule has 0 aliphatic carbocycles. The number of carboxylic acid groups (broad SMARTS) is 2. The quantitative estimate of drug-likeness (QED) is 0.167. The molecule has 8 N–H and O–H groups in total. The zero-order valence-corrected chi connectivity index (χ0v) is 20.5. The number of carboxylic acids is 2. The van der Waals surface area contributed by atoms with Crippen molar-refractivity contribution in [3.05, 3.63) is 29.8 Å². The third-order valence-corrected chi connectivity index (χ3v) is 8.72. The number of hydrogen-bond donors (Lipinski definition) is 6. The molecule has 0 aliphatic heterocycles. The molecule has 1 aromatic carbocycles. The van der Waals surface area contributed by atoms with E-state index in [1.165, 1.54) is 10.2 Å². The van der Waals surface area contributed by atoms with Crippen molar-refractivity contribution in [2.75, 3.05) is 12.3 Å². The van der Waals surface area contributed by atoms with Crippen LogP contribution in [0.2, 0.25) is 0 Å². The Hall–Kier alpha value is -2.11. The molecule has 0 saturated carbocycles. The molecular weight excluding hydrogens is 503 g/mol. The Kier molecular flexibility index (Phi) is 12.3. The minimum absolute atomic E-state index is 0.0812. The summed E-state index contributed by atoms with van der Waals surface area (Å²) in [7, 11) is 1.46. The summed E-state index contributed by atoms with van der Waals surface area (Å²) in [6, 6.07) is 5.52. The standard InChI is InChI=1S/C20H30N4O6SSe/c1-11(2)18(22)12-5-3-4-6-15(12)32-31-10-14(19(28)23-9-17(26)27)24-16(25)8-7-13(21)20(29)30/h3-6,11,13-14,18H,7-10,21-22H2,1-2H3,(H,23,28)(H,24,25)(H,26,27)(H,29,30)/t13-,14+,18?/m1/s1. The Morgan fingerprint density at radius 1 is 1.12 bits per heavy atom. The molecule has 2 amide bonds. The monoisotopic (exact) mass is 534 g/mol. The van der Waals surface area contributed by atoms with Crippen LogP contribution in [0.3, 0.4) is 0 Å². The van der Waals surface area contributed by atoms with Crippen molar-refractivity contribution in [2.24, 2.45) is 17.4 Å². The van der Waals surface area contributed by atoms with Crippen LogP contribution < -0.4 is 26.6 Å². The Labute approximate surface area is 196 Å². The van der Waals surface area contributed by atoms with E-state index in [4.69, 9.17) is 21.7 Å². The van der Waals surface area contributed by atoms with E-state index in [1.54, 1.807) is 0 Å². The van der Waals surface area contributed by atoms with Crippen molar-refractivity contribution < 1.29 is 29.4 Å². The van der Waals surface area contributed by atoms with E-state index in [9.17, 15) is 19.2 Å². The van der Waals surface area contributed by atoms with Crippen molar-refractivity contribution in [2.45, 2.75) is 44.8 Å². The van der Waals surface area contributed by atoms with Crippen molar-refractivity contribution in [3.8, 4) is 0 Å². The van der Waals surface area contributed by atoms with E-state index in [0.717, 1.165) is 10.0 Å². The molecule has 0 bridgehead atoms. The van der Waals surface area contributed by atoms with Crippen molar-refractivity contribution in [3.63, 3.8) is 0 Å². The van der Waals surface area contributed by atoms with Gasteiger partial charge in [-0.2, -0.15) is 0 Å². The van der Waals surface area contributed by atoms with Crippen molar-refractivity contribution in [1.82, 2.24) is 10.6 Å². The van der Waals surface area contributed by atoms with Crippen LogP contribution in [0.25, 0.3) is 0 Å². The molecule has 0 aromatic heterocycles. The van der Waals surface area contributed by atoms with Gasteiger partial charge in [-0.25, -0.2) is 0 Å². The number of carbonyl (C=O) groups excluding carboxylic acids is 2. The SMILES string of the molecule is CC(C)C(N)c1ccccc1[Se]SC[C@H](NC(=O)CC[C@@H](N)C(=O)O)C(=O)NCC(=O)O. The van der Waals surface area contributed by atoms with E-state index < -0.39 is 42.4 Å². The molecule has 0 fully saturated rings. The van der Waals surface area contributed by atoms with E-state index in [2.05, 4.69) is 10.6 Å². The second-order valence-corrected chi connectivity index (χ2v) is 11.6. The van der Waals surface area contributed by atoms with Crippen molar-refractivity contribution >= 4 is 52.2 Å². The fourth-order valence-electron chi connectivity index (χ4n) is 2.50. The molecule has 0 heterocycles. The summed E-state index contributed by atoms with van der Waals surface area (Å²) in [6.45, 7) is 3.50. The molecule has 10 nitrogen and oxygen atoms in total. The van der Waals surface area contributed by atoms with Gasteiger partial charge in [-0.1, -0.05) is 0 Å². The number of carbonyl (C=O) groups is 4. The molecule has 178 valence electrons. The Morgan fingerprint density at radius 2 is 1.78 bits per heavy atom. The molecule has 32 heavy (non-hydrogen) atoms. The number of benzene rings is 1. The maximum atomic E-state index is 12.4. The van der Waals surface area contributed by atoms with E-state index in [0.29, 0.717) is 0 Å². The van der Waals surface area contributed by atoms with Crippen LogP contribution in [-0.4, -0.2) is 72.2 Å². The van der Waals surface area contributed by atoms with Crippen LogP contribution in [0.1, 0.15) is 38.3 Å². The van der Waals surface area contributed by atoms with Gasteiger partial charge in [-0.3, -0.25) is 0 Å². The Bertz CT molecular complexity index is 810. The minimum atomic E-state index is -1.22. The van der Waals surface area contributed by atoms with E-state index in [1.807, 2.05) is 38.1 Å². The van der Waals surface area contributed by atoms with Gasteiger partial charge in [0, 0.05) is 0 Å². The normalized spacial score (nSPS) is 13.8. The van der Waals surface area contributed by atoms with E-state index >= 15 is 0 Å². The zero-order valence-electron chi connectivity index (χ0n) is 17.9. The first-order valence-electron chi connectivity index (χ1n) is 9.94. The predicted molar refractivity (Wildman–Crippen MR) is 123 cm³/mol. The maximum absolute atomic E-state index is 12.4. The third kappa shape index (κ3) is 10.0. The Morgan fingerprint density at radius 3 is 2.38 bits per heavy atom. The summed E-state index contributed by atoms with van der Waals surface area (Å²) in [5.41, 5.74) is 12.7. The van der Waals surface area contributed by atoms with Gasteiger partial charge in [0.15, 0.2) is 0 Å². The molecule has 3 atom stereocenters. The molecule has 1 aromatic rings. The van der Waals surface area contributed by atoms with Crippen LogP contribution >= 0.6 is 10.2 Å². The molecular formula is C20H30N4O6SSe. The number of amides is 2. The summed E-state index contributed by atoms with van der Waals surface area (Å²) >= 11 is -0.106. The first kappa shape index (κ1) is 27.9. The second kappa shape index (κ2) is 14.1. The second-order valence-electron chi connectivity index (χ2n) is 7.39. The molecule has 0 saturated heterocycles. The molecule has 0 aliphatic rings. The first-order valence-corrected chi connectivity index (χ1v) is 13.8. The summed E-state index contributed by atoms with van der Waals surface area (Å²) in [6.07, 6.45) is -0.250. The number of rotatable bonds is 14. The number of hydrogen-bond acceptors (Lipinski definition) is 7. The zero-order chi connectivity index (χ0) is 24.3. The fraction of sp³-hybridized carbons (Fsp3) is 0.500. The fourth-order valence-corrected chi connectivity index (χ4v) is 6.85. The first-order chi connectivity index (χ1) is 15.0. The number of nitrogens with one attached hydrogen (secondary N) is 2. The van der Waals surface area contributed by atoms with Gasteiger partial charge in [0.05, 0.1) is 0 Å². The van der Waals surface area contributed by atoms with E-state index in [-0.39, 0.29) is 44.4 Å². The average Bonchev–Trinajstić information content (AvgIpc) is 2.74. The van der Waals surface area contributed by atoms with Crippen molar-refractivity contribution in [1.29, 1.82) is 0 Å². The molecule has 0 radical (unpaired) electrons. The average molecular weight is 534 g/mol. The van der Waals surface area contributed by atoms with Gasteiger partial charge in [-0.15, -0.1) is 0 Å². The third-order valence-electron chi connectivity index (χ3n) is 4.44. The molecule has 0 spiro atoms. The summed E-state index contributed by atoms with van der Waals surface area (Å²) in [5, 5.41) is 22.4. The van der Waals surface area contributed by atoms with Gasteiger partial charge in [0.1, 0.15) is 0 Å². The summed E-state index contributed by atoms with van der Waals surface area (Å²) in [4.78, 5) is 46.2. The van der Waals surface area contributed by atoms with Gasteiger partial charge in [0.25, 0.3) is 0 Å². The van der Waals surface area contributed by atoms with Crippen LogP contribution in [0.4, 0.5) is 0 Å². The predicted octanol–water partition coefficient (Wildman–Crippen LogP) is -0.802. The van der Waals surface area contributed by atoms with Crippen LogP contribution in [0, 0.1) is 5.92 Å². The van der Waals surface area contributed by atoms with Gasteiger partial charge < -0.3 is 0 Å². The van der Waals surface area contributed by atoms with Crippen LogP contribution in [-0.2, 0) is 19.2 Å². The summed E-state index contributed by atoms with van der Waals surface area (Å²) < 4.78 is 1.08. The summed E-state index contributed by atoms with van der Waals surface area (Å²) in [5.74, 6) is -3.11. The van der Waals surface area contributed by atoms with Gasteiger partial charge in [-0.05, 0) is 0 Å². The number of aliphatic carboxylic acids is 2. The Balaban J connectivity index is 2.78. The van der Waals surface area contributed by atoms with Gasteiger partial charge >= 0.3 is 197 Å². The van der Waals surface area contributed by atoms with Crippen LogP contribution in [0.5, 0.6) is 0 Å². The van der Waals surface area contributed by atoms with Gasteiger partial charge in [0.2, 0.25) is 0 Å². The number of nitrogens with two attached hydrogens (primary N) is 2. The molecule has 12 heteroatoms. The molecule has 1 unspecified atom stereocenters. The van der Waals surface area contributed by atoms with Crippen LogP contribution in [0.15, 0.2) is 24.3 Å². The molecule has 1 rings (SSSR count).